The number of amides is 2. The number of hydrogen-bond acceptors (Lipinski definition) is 8. The van der Waals surface area contributed by atoms with E-state index in [0.29, 0.717) is 61.6 Å². The van der Waals surface area contributed by atoms with E-state index in [1.54, 1.807) is 31.2 Å². The number of esters is 1. The minimum absolute atomic E-state index is 0.0851. The van der Waals surface area contributed by atoms with E-state index < -0.39 is 5.97 Å². The van der Waals surface area contributed by atoms with Gasteiger partial charge in [-0.15, -0.1) is 0 Å². The number of rotatable bonds is 7. The van der Waals surface area contributed by atoms with E-state index >= 15 is 0 Å². The minimum atomic E-state index is -0.568. The smallest absolute Gasteiger partial charge is 0.361 e. The molecule has 2 heterocycles. The van der Waals surface area contributed by atoms with Crippen LogP contribution < -0.4 is 20.3 Å². The van der Waals surface area contributed by atoms with Gasteiger partial charge in [0.2, 0.25) is 0 Å². The van der Waals surface area contributed by atoms with Gasteiger partial charge >= 0.3 is 12.0 Å². The average Bonchev–Trinajstić information content (AvgIpc) is 2.79. The average molecular weight is 472 g/mol. The maximum atomic E-state index is 12.8. The van der Waals surface area contributed by atoms with E-state index in [0.717, 1.165) is 0 Å². The number of benzene rings is 1. The molecule has 1 aromatic carbocycles. The first kappa shape index (κ1) is 25.2. The third-order valence-corrected chi connectivity index (χ3v) is 4.81. The molecule has 10 heteroatoms. The molecule has 2 aromatic rings. The molecule has 184 valence electrons. The molecule has 1 aromatic heterocycles. The Morgan fingerprint density at radius 1 is 1.06 bits per heavy atom. The van der Waals surface area contributed by atoms with Gasteiger partial charge in [0.15, 0.2) is 23.1 Å². The zero-order valence-electron chi connectivity index (χ0n) is 20.4. The van der Waals surface area contributed by atoms with Crippen molar-refractivity contribution >= 4 is 23.5 Å². The summed E-state index contributed by atoms with van der Waals surface area (Å²) in [7, 11) is 0. The Morgan fingerprint density at radius 3 is 2.32 bits per heavy atom. The lowest BCUT2D eigenvalue weighted by Crippen LogP contribution is -2.43. The summed E-state index contributed by atoms with van der Waals surface area (Å²) in [5, 5.41) is 5.66. The van der Waals surface area contributed by atoms with Crippen LogP contribution in [0, 0.1) is 0 Å². The second kappa shape index (κ2) is 11.1. The minimum Gasteiger partial charge on any atom is -0.488 e. The van der Waals surface area contributed by atoms with Gasteiger partial charge in [0.25, 0.3) is 0 Å². The summed E-state index contributed by atoms with van der Waals surface area (Å²) in [6, 6.07) is 6.81. The number of urea groups is 1. The summed E-state index contributed by atoms with van der Waals surface area (Å²) in [6.45, 7) is 12.2. The predicted octanol–water partition coefficient (Wildman–Crippen LogP) is 3.48. The molecule has 0 unspecified atom stereocenters. The van der Waals surface area contributed by atoms with E-state index in [1.807, 2.05) is 32.6 Å². The summed E-state index contributed by atoms with van der Waals surface area (Å²) < 4.78 is 16.5. The SMILES string of the molecule is CCOC(=O)c1nc(-c2ccc(NC(=O)NC(C)(C)C)cc2)nc(N2CCOCC2)c1OCC. The fourth-order valence-electron chi connectivity index (χ4n) is 3.38. The second-order valence-corrected chi connectivity index (χ2v) is 8.71. The molecule has 1 fully saturated rings. The summed E-state index contributed by atoms with van der Waals surface area (Å²) in [6.07, 6.45) is 0. The van der Waals surface area contributed by atoms with E-state index in [9.17, 15) is 9.59 Å². The highest BCUT2D eigenvalue weighted by Crippen LogP contribution is 2.33. The Bertz CT molecular complexity index is 998. The zero-order chi connectivity index (χ0) is 24.7. The van der Waals surface area contributed by atoms with Crippen molar-refractivity contribution in [2.24, 2.45) is 0 Å². The molecule has 0 radical (unpaired) electrons. The molecule has 1 saturated heterocycles. The maximum Gasteiger partial charge on any atom is 0.361 e. The van der Waals surface area contributed by atoms with Crippen molar-refractivity contribution < 1.29 is 23.8 Å². The number of anilines is 2. The molecular weight excluding hydrogens is 438 g/mol. The molecule has 10 nitrogen and oxygen atoms in total. The number of morpholine rings is 1. The Hall–Kier alpha value is -3.40. The molecule has 0 spiro atoms. The molecule has 2 N–H and O–H groups in total. The van der Waals surface area contributed by atoms with Crippen LogP contribution in [0.25, 0.3) is 11.4 Å². The van der Waals surface area contributed by atoms with Crippen LogP contribution in [-0.2, 0) is 9.47 Å². The maximum absolute atomic E-state index is 12.8. The highest BCUT2D eigenvalue weighted by molar-refractivity contribution is 5.93. The molecule has 2 amide bonds. The Morgan fingerprint density at radius 2 is 1.74 bits per heavy atom. The summed E-state index contributed by atoms with van der Waals surface area (Å²) >= 11 is 0. The molecule has 0 atom stereocenters. The summed E-state index contributed by atoms with van der Waals surface area (Å²) in [4.78, 5) is 36.2. The van der Waals surface area contributed by atoms with Crippen LogP contribution in [0.5, 0.6) is 5.75 Å². The third kappa shape index (κ3) is 6.57. The van der Waals surface area contributed by atoms with Crippen LogP contribution in [0.1, 0.15) is 45.1 Å². The van der Waals surface area contributed by atoms with Crippen molar-refractivity contribution in [2.75, 3.05) is 49.7 Å². The Balaban J connectivity index is 1.97. The molecule has 0 saturated carbocycles. The van der Waals surface area contributed by atoms with Gasteiger partial charge in [0.1, 0.15) is 0 Å². The summed E-state index contributed by atoms with van der Waals surface area (Å²) in [5.74, 6) is 0.633. The topological polar surface area (TPSA) is 115 Å². The first-order valence-corrected chi connectivity index (χ1v) is 11.5. The number of aromatic nitrogens is 2. The normalized spacial score (nSPS) is 13.9. The van der Waals surface area contributed by atoms with E-state index in [4.69, 9.17) is 19.2 Å². The number of carbonyl (C=O) groups is 2. The number of nitrogens with zero attached hydrogens (tertiary/aromatic N) is 3. The van der Waals surface area contributed by atoms with Gasteiger partial charge in [-0.25, -0.2) is 19.6 Å². The zero-order valence-corrected chi connectivity index (χ0v) is 20.4. The molecular formula is C24H33N5O5. The van der Waals surface area contributed by atoms with Gasteiger partial charge in [-0.1, -0.05) is 0 Å². The van der Waals surface area contributed by atoms with Crippen LogP contribution in [0.4, 0.5) is 16.3 Å². The lowest BCUT2D eigenvalue weighted by Gasteiger charge is -2.29. The van der Waals surface area contributed by atoms with Gasteiger partial charge in [0, 0.05) is 29.9 Å². The molecule has 3 rings (SSSR count). The molecule has 34 heavy (non-hydrogen) atoms. The molecule has 0 bridgehead atoms. The van der Waals surface area contributed by atoms with Crippen molar-refractivity contribution in [2.45, 2.75) is 40.2 Å². The highest BCUT2D eigenvalue weighted by Gasteiger charge is 2.27. The number of hydrogen-bond donors (Lipinski definition) is 2. The van der Waals surface area contributed by atoms with E-state index in [2.05, 4.69) is 15.6 Å². The fourth-order valence-corrected chi connectivity index (χ4v) is 3.38. The summed E-state index contributed by atoms with van der Waals surface area (Å²) in [5.41, 5.74) is 1.04. The first-order valence-electron chi connectivity index (χ1n) is 11.5. The highest BCUT2D eigenvalue weighted by atomic mass is 16.5. The van der Waals surface area contributed by atoms with Gasteiger partial charge in [-0.3, -0.25) is 0 Å². The quantitative estimate of drug-likeness (QED) is 0.590. The number of ether oxygens (including phenoxy) is 3. The Labute approximate surface area is 200 Å². The van der Waals surface area contributed by atoms with Gasteiger partial charge < -0.3 is 29.7 Å². The number of carbonyl (C=O) groups excluding carboxylic acids is 2. The van der Waals surface area contributed by atoms with Crippen molar-refractivity contribution in [1.82, 2.24) is 15.3 Å². The van der Waals surface area contributed by atoms with Crippen molar-refractivity contribution in [3.8, 4) is 17.1 Å². The molecule has 1 aliphatic rings. The van der Waals surface area contributed by atoms with E-state index in [-0.39, 0.29) is 23.9 Å². The predicted molar refractivity (Wildman–Crippen MR) is 130 cm³/mol. The lowest BCUT2D eigenvalue weighted by molar-refractivity contribution is 0.0514. The fraction of sp³-hybridized carbons (Fsp3) is 0.500. The van der Waals surface area contributed by atoms with Crippen molar-refractivity contribution in [3.05, 3.63) is 30.0 Å². The van der Waals surface area contributed by atoms with Crippen molar-refractivity contribution in [1.29, 1.82) is 0 Å². The third-order valence-electron chi connectivity index (χ3n) is 4.81. The first-order chi connectivity index (χ1) is 16.2. The van der Waals surface area contributed by atoms with Gasteiger partial charge in [0.05, 0.1) is 26.4 Å². The lowest BCUT2D eigenvalue weighted by atomic mass is 10.1. The van der Waals surface area contributed by atoms with Crippen LogP contribution in [0.2, 0.25) is 0 Å². The van der Waals surface area contributed by atoms with Gasteiger partial charge in [-0.05, 0) is 58.9 Å². The molecule has 1 aliphatic heterocycles. The Kier molecular flexibility index (Phi) is 8.27. The standard InChI is InChI=1S/C24H33N5O5/c1-6-33-19-18(22(30)34-7-2)26-20(27-21(19)29-12-14-32-15-13-29)16-8-10-17(11-9-16)25-23(31)28-24(3,4)5/h8-11H,6-7,12-15H2,1-5H3,(H2,25,28,31). The van der Waals surface area contributed by atoms with Crippen molar-refractivity contribution in [3.63, 3.8) is 0 Å². The van der Waals surface area contributed by atoms with Crippen LogP contribution in [0.15, 0.2) is 24.3 Å². The van der Waals surface area contributed by atoms with Crippen LogP contribution in [0.3, 0.4) is 0 Å². The number of nitrogens with one attached hydrogen (secondary N) is 2. The van der Waals surface area contributed by atoms with Crippen LogP contribution in [-0.4, -0.2) is 67.0 Å². The van der Waals surface area contributed by atoms with Crippen LogP contribution >= 0.6 is 0 Å². The molecule has 0 aliphatic carbocycles. The van der Waals surface area contributed by atoms with Gasteiger partial charge in [-0.2, -0.15) is 0 Å². The monoisotopic (exact) mass is 471 g/mol. The van der Waals surface area contributed by atoms with E-state index in [1.165, 1.54) is 0 Å². The second-order valence-electron chi connectivity index (χ2n) is 8.71. The largest absolute Gasteiger partial charge is 0.488 e.